The second-order valence-corrected chi connectivity index (χ2v) is 5.84. The maximum atomic E-state index is 11.5. The molecule has 0 atom stereocenters. The van der Waals surface area contributed by atoms with Gasteiger partial charge in [-0.25, -0.2) is 4.79 Å². The first-order valence-electron chi connectivity index (χ1n) is 8.06. The molecule has 1 fully saturated rings. The third kappa shape index (κ3) is 5.76. The number of amides is 2. The van der Waals surface area contributed by atoms with Gasteiger partial charge in [0, 0.05) is 19.6 Å². The van der Waals surface area contributed by atoms with Crippen molar-refractivity contribution in [3.8, 4) is 0 Å². The van der Waals surface area contributed by atoms with E-state index in [0.29, 0.717) is 5.92 Å². The van der Waals surface area contributed by atoms with Crippen molar-refractivity contribution in [1.82, 2.24) is 15.5 Å². The van der Waals surface area contributed by atoms with Crippen LogP contribution in [0, 0.1) is 5.92 Å². The van der Waals surface area contributed by atoms with Crippen LogP contribution in [0.2, 0.25) is 0 Å². The number of piperidine rings is 1. The SMILES string of the molecule is CCCNC(=O)NCC1CCN(Cc2ccccc2)CC1. The van der Waals surface area contributed by atoms with Crippen molar-refractivity contribution in [3.05, 3.63) is 35.9 Å². The van der Waals surface area contributed by atoms with Crippen molar-refractivity contribution in [2.45, 2.75) is 32.7 Å². The molecule has 1 heterocycles. The molecule has 116 valence electrons. The van der Waals surface area contributed by atoms with Gasteiger partial charge in [0.2, 0.25) is 0 Å². The molecule has 0 spiro atoms. The van der Waals surface area contributed by atoms with Crippen LogP contribution in [0.1, 0.15) is 31.7 Å². The first kappa shape index (κ1) is 15.8. The van der Waals surface area contributed by atoms with Crippen LogP contribution < -0.4 is 10.6 Å². The Bertz CT molecular complexity index is 413. The van der Waals surface area contributed by atoms with Gasteiger partial charge < -0.3 is 10.6 Å². The minimum atomic E-state index is -0.0245. The first-order valence-corrected chi connectivity index (χ1v) is 8.06. The summed E-state index contributed by atoms with van der Waals surface area (Å²) in [6.07, 6.45) is 3.31. The van der Waals surface area contributed by atoms with Gasteiger partial charge in [0.05, 0.1) is 0 Å². The van der Waals surface area contributed by atoms with Crippen LogP contribution in [0.25, 0.3) is 0 Å². The van der Waals surface area contributed by atoms with Crippen LogP contribution >= 0.6 is 0 Å². The summed E-state index contributed by atoms with van der Waals surface area (Å²) in [7, 11) is 0. The maximum absolute atomic E-state index is 11.5. The first-order chi connectivity index (χ1) is 10.3. The van der Waals surface area contributed by atoms with Crippen molar-refractivity contribution in [2.75, 3.05) is 26.2 Å². The molecule has 4 heteroatoms. The quantitative estimate of drug-likeness (QED) is 0.845. The van der Waals surface area contributed by atoms with Gasteiger partial charge in [0.15, 0.2) is 0 Å². The molecule has 0 aromatic heterocycles. The fraction of sp³-hybridized carbons (Fsp3) is 0.588. The third-order valence-corrected chi connectivity index (χ3v) is 4.04. The van der Waals surface area contributed by atoms with E-state index in [1.165, 1.54) is 18.4 Å². The number of nitrogens with one attached hydrogen (secondary N) is 2. The van der Waals surface area contributed by atoms with E-state index in [2.05, 4.69) is 52.8 Å². The number of likely N-dealkylation sites (tertiary alicyclic amines) is 1. The summed E-state index contributed by atoms with van der Waals surface area (Å²) in [6.45, 7) is 6.90. The zero-order chi connectivity index (χ0) is 14.9. The van der Waals surface area contributed by atoms with Gasteiger partial charge in [-0.1, -0.05) is 37.3 Å². The Morgan fingerprint density at radius 1 is 1.19 bits per heavy atom. The number of benzene rings is 1. The molecule has 1 aliphatic rings. The van der Waals surface area contributed by atoms with E-state index >= 15 is 0 Å². The largest absolute Gasteiger partial charge is 0.338 e. The standard InChI is InChI=1S/C17H27N3O/c1-2-10-18-17(21)19-13-15-8-11-20(12-9-15)14-16-6-4-3-5-7-16/h3-7,15H,2,8-14H2,1H3,(H2,18,19,21). The Morgan fingerprint density at radius 2 is 1.90 bits per heavy atom. The van der Waals surface area contributed by atoms with E-state index in [0.717, 1.165) is 39.1 Å². The molecule has 0 bridgehead atoms. The monoisotopic (exact) mass is 289 g/mol. The van der Waals surface area contributed by atoms with Crippen LogP contribution in [-0.2, 0) is 6.54 Å². The summed E-state index contributed by atoms with van der Waals surface area (Å²) in [5.41, 5.74) is 1.38. The Kier molecular flexibility index (Phi) is 6.54. The van der Waals surface area contributed by atoms with E-state index in [-0.39, 0.29) is 6.03 Å². The predicted octanol–water partition coefficient (Wildman–Crippen LogP) is 2.61. The molecule has 1 aromatic rings. The summed E-state index contributed by atoms with van der Waals surface area (Å²) in [4.78, 5) is 14.0. The van der Waals surface area contributed by atoms with Crippen LogP contribution in [0.5, 0.6) is 0 Å². The van der Waals surface area contributed by atoms with Gasteiger partial charge in [-0.15, -0.1) is 0 Å². The summed E-state index contributed by atoms with van der Waals surface area (Å²) >= 11 is 0. The van der Waals surface area contributed by atoms with Crippen LogP contribution in [0.3, 0.4) is 0 Å². The molecule has 2 rings (SSSR count). The highest BCUT2D eigenvalue weighted by atomic mass is 16.2. The van der Waals surface area contributed by atoms with E-state index in [1.807, 2.05) is 0 Å². The molecule has 21 heavy (non-hydrogen) atoms. The topological polar surface area (TPSA) is 44.4 Å². The van der Waals surface area contributed by atoms with Gasteiger partial charge in [-0.05, 0) is 43.8 Å². The second-order valence-electron chi connectivity index (χ2n) is 5.84. The number of urea groups is 1. The van der Waals surface area contributed by atoms with Gasteiger partial charge in [0.25, 0.3) is 0 Å². The maximum Gasteiger partial charge on any atom is 0.314 e. The Morgan fingerprint density at radius 3 is 2.57 bits per heavy atom. The summed E-state index contributed by atoms with van der Waals surface area (Å²) < 4.78 is 0. The summed E-state index contributed by atoms with van der Waals surface area (Å²) in [5, 5.41) is 5.84. The smallest absolute Gasteiger partial charge is 0.314 e. The zero-order valence-electron chi connectivity index (χ0n) is 13.0. The lowest BCUT2D eigenvalue weighted by molar-refractivity contribution is 0.175. The number of hydrogen-bond donors (Lipinski definition) is 2. The lowest BCUT2D eigenvalue weighted by Gasteiger charge is -2.32. The molecular weight excluding hydrogens is 262 g/mol. The molecule has 0 unspecified atom stereocenters. The summed E-state index contributed by atoms with van der Waals surface area (Å²) in [5.74, 6) is 0.615. The van der Waals surface area contributed by atoms with Crippen molar-refractivity contribution < 1.29 is 4.79 Å². The Hall–Kier alpha value is -1.55. The summed E-state index contributed by atoms with van der Waals surface area (Å²) in [6, 6.07) is 10.6. The highest BCUT2D eigenvalue weighted by Crippen LogP contribution is 2.18. The van der Waals surface area contributed by atoms with Crippen molar-refractivity contribution in [2.24, 2.45) is 5.92 Å². The highest BCUT2D eigenvalue weighted by molar-refractivity contribution is 5.73. The van der Waals surface area contributed by atoms with Gasteiger partial charge in [-0.3, -0.25) is 4.90 Å². The molecule has 4 nitrogen and oxygen atoms in total. The number of rotatable bonds is 6. The third-order valence-electron chi connectivity index (χ3n) is 4.04. The number of carbonyl (C=O) groups excluding carboxylic acids is 1. The van der Waals surface area contributed by atoms with E-state index in [1.54, 1.807) is 0 Å². The number of carbonyl (C=O) groups is 1. The number of nitrogens with zero attached hydrogens (tertiary/aromatic N) is 1. The molecule has 0 saturated carbocycles. The van der Waals surface area contributed by atoms with E-state index in [9.17, 15) is 4.79 Å². The molecule has 2 N–H and O–H groups in total. The van der Waals surface area contributed by atoms with E-state index < -0.39 is 0 Å². The molecule has 1 aromatic carbocycles. The lowest BCUT2D eigenvalue weighted by atomic mass is 9.96. The average Bonchev–Trinajstić information content (AvgIpc) is 2.53. The molecule has 0 radical (unpaired) electrons. The van der Waals surface area contributed by atoms with Gasteiger partial charge in [0.1, 0.15) is 0 Å². The fourth-order valence-electron chi connectivity index (χ4n) is 2.73. The lowest BCUT2D eigenvalue weighted by Crippen LogP contribution is -2.41. The average molecular weight is 289 g/mol. The van der Waals surface area contributed by atoms with Crippen molar-refractivity contribution in [3.63, 3.8) is 0 Å². The second kappa shape index (κ2) is 8.67. The highest BCUT2D eigenvalue weighted by Gasteiger charge is 2.19. The molecular formula is C17H27N3O. The van der Waals surface area contributed by atoms with Crippen LogP contribution in [-0.4, -0.2) is 37.1 Å². The molecule has 1 saturated heterocycles. The van der Waals surface area contributed by atoms with Crippen molar-refractivity contribution in [1.29, 1.82) is 0 Å². The molecule has 0 aliphatic carbocycles. The minimum absolute atomic E-state index is 0.0245. The zero-order valence-corrected chi connectivity index (χ0v) is 13.0. The Labute approximate surface area is 127 Å². The normalized spacial score (nSPS) is 16.6. The van der Waals surface area contributed by atoms with E-state index in [4.69, 9.17) is 0 Å². The molecule has 1 aliphatic heterocycles. The number of hydrogen-bond acceptors (Lipinski definition) is 2. The molecule has 2 amide bonds. The van der Waals surface area contributed by atoms with Crippen LogP contribution in [0.4, 0.5) is 4.79 Å². The predicted molar refractivity (Wildman–Crippen MR) is 86.1 cm³/mol. The fourth-order valence-corrected chi connectivity index (χ4v) is 2.73. The Balaban J connectivity index is 1.63. The van der Waals surface area contributed by atoms with Crippen LogP contribution in [0.15, 0.2) is 30.3 Å². The van der Waals surface area contributed by atoms with Crippen molar-refractivity contribution >= 4 is 6.03 Å². The minimum Gasteiger partial charge on any atom is -0.338 e. The van der Waals surface area contributed by atoms with Gasteiger partial charge in [-0.2, -0.15) is 0 Å². The van der Waals surface area contributed by atoms with Gasteiger partial charge >= 0.3 is 6.03 Å².